The van der Waals surface area contributed by atoms with Gasteiger partial charge in [0.25, 0.3) is 0 Å². The molecule has 4 rings (SSSR count). The quantitative estimate of drug-likeness (QED) is 0.0331. The molecule has 0 fully saturated rings. The van der Waals surface area contributed by atoms with E-state index >= 15 is 0 Å². The molecule has 0 aliphatic rings. The first-order valence-corrected chi connectivity index (χ1v) is 21.9. The molecule has 0 aliphatic carbocycles. The van der Waals surface area contributed by atoms with Crippen LogP contribution in [0, 0.1) is 0 Å². The minimum Gasteiger partial charge on any atom is -0.330 e. The van der Waals surface area contributed by atoms with Gasteiger partial charge in [0.15, 0.2) is 0 Å². The van der Waals surface area contributed by atoms with E-state index in [4.69, 9.17) is 11.5 Å². The number of benzene rings is 4. The average Bonchev–Trinajstić information content (AvgIpc) is 3.29. The highest BCUT2D eigenvalue weighted by atomic mass is 16.1. The fraction of sp³-hybridized carbons (Fsp3) is 0.500. The molecule has 0 aliphatic heterocycles. The van der Waals surface area contributed by atoms with Crippen LogP contribution < -0.4 is 32.7 Å². The van der Waals surface area contributed by atoms with Crippen molar-refractivity contribution >= 4 is 6.29 Å². The van der Waals surface area contributed by atoms with Crippen LogP contribution in [0.3, 0.4) is 0 Å². The van der Waals surface area contributed by atoms with Gasteiger partial charge < -0.3 is 47.3 Å². The SMILES string of the molecule is CN(CCCN)CCc1ccccc1.CNCCCN.CNCCCN(C)CCc1ccccc1.CNCCCNCCc1ccccc1.O=CCCc1ccccc1. The van der Waals surface area contributed by atoms with Crippen LogP contribution in [0.5, 0.6) is 0 Å². The van der Waals surface area contributed by atoms with Crippen molar-refractivity contribution in [3.63, 3.8) is 0 Å². The Balaban J connectivity index is 0.000000732. The van der Waals surface area contributed by atoms with Crippen molar-refractivity contribution in [1.29, 1.82) is 0 Å². The Kier molecular flexibility index (Phi) is 41.0. The molecule has 0 saturated heterocycles. The van der Waals surface area contributed by atoms with Crippen LogP contribution in [-0.4, -0.2) is 123 Å². The lowest BCUT2D eigenvalue weighted by molar-refractivity contribution is -0.107. The topological polar surface area (TPSA) is 124 Å². The Morgan fingerprint density at radius 1 is 0.441 bits per heavy atom. The molecule has 0 aromatic heterocycles. The lowest BCUT2D eigenvalue weighted by Gasteiger charge is -2.16. The summed E-state index contributed by atoms with van der Waals surface area (Å²) < 4.78 is 0. The predicted molar refractivity (Wildman–Crippen MR) is 257 cm³/mol. The summed E-state index contributed by atoms with van der Waals surface area (Å²) in [6.07, 6.45) is 10.4. The molecule has 4 aromatic carbocycles. The fourth-order valence-corrected chi connectivity index (χ4v) is 5.58. The van der Waals surface area contributed by atoms with Gasteiger partial charge in [0.1, 0.15) is 6.29 Å². The van der Waals surface area contributed by atoms with E-state index in [0.717, 1.165) is 110 Å². The first kappa shape index (κ1) is 55.2. The molecule has 0 saturated carbocycles. The molecule has 59 heavy (non-hydrogen) atoms. The Morgan fingerprint density at radius 2 is 0.814 bits per heavy atom. The van der Waals surface area contributed by atoms with E-state index in [9.17, 15) is 4.79 Å². The Bertz CT molecular complexity index is 1380. The van der Waals surface area contributed by atoms with Crippen LogP contribution in [0.15, 0.2) is 121 Å². The number of aryl methyl sites for hydroxylation is 1. The standard InChI is InChI=1S/C13H22N2.2C12H20N2.C9H10O.C4H12N2/c1-14-10-6-11-15(2)12-9-13-7-4-3-5-8-13;1-14(10-5-9-13)11-8-12-6-3-2-4-7-12;1-13-9-5-10-14-11-8-12-6-3-2-4-7-12;10-8-4-7-9-5-2-1-3-6-9;1-6-4-2-3-5/h3-5,7-8,14H,6,9-12H2,1-2H3;2-4,6-7H,5,8-11,13H2,1H3;2-4,6-7,13-14H,5,8-11H2,1H3;1-3,5-6,8H,4,7H2;6H,2-5H2,1H3. The summed E-state index contributed by atoms with van der Waals surface area (Å²) in [4.78, 5) is 14.7. The first-order valence-electron chi connectivity index (χ1n) is 21.9. The second-order valence-corrected chi connectivity index (χ2v) is 14.6. The third-order valence-corrected chi connectivity index (χ3v) is 9.20. The van der Waals surface area contributed by atoms with Crippen molar-refractivity contribution in [2.24, 2.45) is 11.5 Å². The van der Waals surface area contributed by atoms with Crippen molar-refractivity contribution in [3.8, 4) is 0 Å². The number of likely N-dealkylation sites (N-methyl/N-ethyl adjacent to an activating group) is 2. The van der Waals surface area contributed by atoms with Crippen LogP contribution in [0.2, 0.25) is 0 Å². The maximum Gasteiger partial charge on any atom is 0.120 e. The molecular weight excluding hydrogens is 729 g/mol. The lowest BCUT2D eigenvalue weighted by atomic mass is 10.1. The monoisotopic (exact) mass is 813 g/mol. The molecule has 4 aromatic rings. The average molecular weight is 813 g/mol. The van der Waals surface area contributed by atoms with E-state index < -0.39 is 0 Å². The largest absolute Gasteiger partial charge is 0.330 e. The van der Waals surface area contributed by atoms with Gasteiger partial charge in [-0.25, -0.2) is 0 Å². The summed E-state index contributed by atoms with van der Waals surface area (Å²) in [6, 6.07) is 41.9. The number of hydrogen-bond acceptors (Lipinski definition) is 9. The highest BCUT2D eigenvalue weighted by Gasteiger charge is 1.99. The van der Waals surface area contributed by atoms with Crippen LogP contribution in [0.1, 0.15) is 54.4 Å². The molecule has 9 nitrogen and oxygen atoms in total. The highest BCUT2D eigenvalue weighted by Crippen LogP contribution is 2.03. The van der Waals surface area contributed by atoms with Crippen LogP contribution in [0.25, 0.3) is 0 Å². The molecule has 0 radical (unpaired) electrons. The molecule has 0 amide bonds. The summed E-state index contributed by atoms with van der Waals surface area (Å²) in [5, 5.41) is 12.7. The molecule has 8 N–H and O–H groups in total. The van der Waals surface area contributed by atoms with Crippen LogP contribution in [0.4, 0.5) is 0 Å². The van der Waals surface area contributed by atoms with Gasteiger partial charge in [-0.1, -0.05) is 121 Å². The van der Waals surface area contributed by atoms with Gasteiger partial charge in [0.2, 0.25) is 0 Å². The molecule has 0 atom stereocenters. The minimum atomic E-state index is 0.629. The van der Waals surface area contributed by atoms with Gasteiger partial charge in [0, 0.05) is 19.5 Å². The maximum absolute atomic E-state index is 9.98. The van der Waals surface area contributed by atoms with Gasteiger partial charge in [-0.3, -0.25) is 0 Å². The van der Waals surface area contributed by atoms with Crippen LogP contribution in [-0.2, 0) is 30.5 Å². The van der Waals surface area contributed by atoms with E-state index in [1.807, 2.05) is 51.5 Å². The van der Waals surface area contributed by atoms with E-state index in [1.54, 1.807) is 0 Å². The van der Waals surface area contributed by atoms with Crippen LogP contribution >= 0.6 is 0 Å². The number of nitrogens with two attached hydrogens (primary N) is 2. The molecule has 9 heteroatoms. The number of rotatable bonds is 26. The molecule has 0 bridgehead atoms. The molecular formula is C50H84N8O. The van der Waals surface area contributed by atoms with E-state index in [2.05, 4.69) is 136 Å². The first-order chi connectivity index (χ1) is 28.9. The second-order valence-electron chi connectivity index (χ2n) is 14.6. The van der Waals surface area contributed by atoms with Gasteiger partial charge in [-0.2, -0.15) is 0 Å². The molecule has 0 heterocycles. The zero-order valence-electron chi connectivity index (χ0n) is 37.7. The zero-order chi connectivity index (χ0) is 43.3. The smallest absolute Gasteiger partial charge is 0.120 e. The third-order valence-electron chi connectivity index (χ3n) is 9.20. The normalized spacial score (nSPS) is 10.3. The number of hydrogen-bond donors (Lipinski definition) is 6. The van der Waals surface area contributed by atoms with Gasteiger partial charge in [-0.05, 0) is 168 Å². The van der Waals surface area contributed by atoms with Crippen molar-refractivity contribution in [2.75, 3.05) is 107 Å². The highest BCUT2D eigenvalue weighted by molar-refractivity contribution is 5.50. The van der Waals surface area contributed by atoms with E-state index in [-0.39, 0.29) is 0 Å². The molecule has 0 spiro atoms. The number of carbonyl (C=O) groups is 1. The number of nitrogens with zero attached hydrogens (tertiary/aromatic N) is 2. The molecule has 0 unspecified atom stereocenters. The summed E-state index contributed by atoms with van der Waals surface area (Å²) in [6.45, 7) is 11.5. The molecule has 330 valence electrons. The minimum absolute atomic E-state index is 0.629. The van der Waals surface area contributed by atoms with Crippen molar-refractivity contribution in [1.82, 2.24) is 31.1 Å². The lowest BCUT2D eigenvalue weighted by Crippen LogP contribution is -2.24. The fourth-order valence-electron chi connectivity index (χ4n) is 5.58. The number of nitrogens with one attached hydrogen (secondary N) is 4. The van der Waals surface area contributed by atoms with E-state index in [1.165, 1.54) is 41.6 Å². The Morgan fingerprint density at radius 3 is 1.20 bits per heavy atom. The number of aldehydes is 1. The third kappa shape index (κ3) is 38.2. The maximum atomic E-state index is 9.98. The summed E-state index contributed by atoms with van der Waals surface area (Å²) >= 11 is 0. The number of carbonyl (C=O) groups excluding carboxylic acids is 1. The Labute approximate surface area is 361 Å². The van der Waals surface area contributed by atoms with Crippen molar-refractivity contribution in [2.45, 2.75) is 57.8 Å². The second kappa shape index (κ2) is 43.8. The van der Waals surface area contributed by atoms with Crippen molar-refractivity contribution < 1.29 is 4.79 Å². The van der Waals surface area contributed by atoms with Gasteiger partial charge >= 0.3 is 0 Å². The van der Waals surface area contributed by atoms with Gasteiger partial charge in [-0.15, -0.1) is 0 Å². The zero-order valence-corrected chi connectivity index (χ0v) is 37.7. The van der Waals surface area contributed by atoms with E-state index in [0.29, 0.717) is 6.42 Å². The summed E-state index contributed by atoms with van der Waals surface area (Å²) in [5.74, 6) is 0. The predicted octanol–water partition coefficient (Wildman–Crippen LogP) is 6.08. The van der Waals surface area contributed by atoms with Gasteiger partial charge in [0.05, 0.1) is 0 Å². The Hall–Kier alpha value is -3.77. The van der Waals surface area contributed by atoms with Crippen molar-refractivity contribution in [3.05, 3.63) is 144 Å². The summed E-state index contributed by atoms with van der Waals surface area (Å²) in [5.41, 5.74) is 16.1. The summed E-state index contributed by atoms with van der Waals surface area (Å²) in [7, 11) is 10.3.